The predicted molar refractivity (Wildman–Crippen MR) is 150 cm³/mol. The fraction of sp³-hybridized carbons (Fsp3) is 0.152. The van der Waals surface area contributed by atoms with E-state index >= 15 is 0 Å². The maximum atomic E-state index is 13.0. The Hall–Kier alpha value is -4.44. The number of hydrogen-bond acceptors (Lipinski definition) is 3. The molecular formula is C33H30N2O2. The van der Waals surface area contributed by atoms with Gasteiger partial charge >= 0.3 is 5.97 Å². The molecule has 0 aliphatic carbocycles. The van der Waals surface area contributed by atoms with Gasteiger partial charge in [-0.15, -0.1) is 0 Å². The number of fused-ring (bicyclic) bond motifs is 1. The Labute approximate surface area is 217 Å². The Balaban J connectivity index is 1.57. The van der Waals surface area contributed by atoms with Gasteiger partial charge in [-0.05, 0) is 40.8 Å². The molecule has 0 bridgehead atoms. The highest BCUT2D eigenvalue weighted by atomic mass is 16.5. The standard InChI is InChI=1S/C33H30N2O2/c1-33(2,3)27-20-18-24(19-21-27)23-35-29-17-11-10-16-28(29)34-31(35)22-30(25-12-6-4-7-13-25)37-32(36)26-14-8-5-9-15-26/h4-22H,23H2,1-3H3/b30-22-. The summed E-state index contributed by atoms with van der Waals surface area (Å²) in [5.74, 6) is 0.769. The summed E-state index contributed by atoms with van der Waals surface area (Å²) in [6, 6.07) is 35.5. The molecule has 4 nitrogen and oxygen atoms in total. The third-order valence-corrected chi connectivity index (χ3v) is 6.38. The molecule has 5 rings (SSSR count). The number of ether oxygens (including phenoxy) is 1. The summed E-state index contributed by atoms with van der Waals surface area (Å²) in [4.78, 5) is 17.9. The quantitative estimate of drug-likeness (QED) is 0.182. The average molecular weight is 487 g/mol. The Bertz CT molecular complexity index is 1540. The number of para-hydroxylation sites is 2. The van der Waals surface area contributed by atoms with Crippen LogP contribution in [0.2, 0.25) is 0 Å². The summed E-state index contributed by atoms with van der Waals surface area (Å²) in [7, 11) is 0. The third kappa shape index (κ3) is 5.54. The molecule has 4 aromatic carbocycles. The van der Waals surface area contributed by atoms with Crippen molar-refractivity contribution in [3.8, 4) is 0 Å². The molecule has 0 atom stereocenters. The molecule has 0 N–H and O–H groups in total. The van der Waals surface area contributed by atoms with E-state index in [9.17, 15) is 4.79 Å². The fourth-order valence-electron chi connectivity index (χ4n) is 4.29. The number of benzene rings is 4. The minimum Gasteiger partial charge on any atom is -0.422 e. The Morgan fingerprint density at radius 2 is 1.38 bits per heavy atom. The number of aromatic nitrogens is 2. The minimum absolute atomic E-state index is 0.0986. The van der Waals surface area contributed by atoms with E-state index < -0.39 is 5.97 Å². The lowest BCUT2D eigenvalue weighted by molar-refractivity contribution is 0.0693. The lowest BCUT2D eigenvalue weighted by atomic mass is 9.87. The molecule has 0 unspecified atom stereocenters. The molecule has 0 aliphatic rings. The normalized spacial score (nSPS) is 12.0. The summed E-state index contributed by atoms with van der Waals surface area (Å²) in [6.07, 6.45) is 1.86. The van der Waals surface area contributed by atoms with Crippen molar-refractivity contribution in [2.75, 3.05) is 0 Å². The van der Waals surface area contributed by atoms with Gasteiger partial charge in [0.2, 0.25) is 0 Å². The SMILES string of the molecule is CC(C)(C)c1ccc(Cn2c(/C=C(\OC(=O)c3ccccc3)c3ccccc3)nc3ccccc32)cc1. The van der Waals surface area contributed by atoms with Crippen LogP contribution < -0.4 is 0 Å². The largest absolute Gasteiger partial charge is 0.422 e. The van der Waals surface area contributed by atoms with Gasteiger partial charge in [0.25, 0.3) is 0 Å². The van der Waals surface area contributed by atoms with Gasteiger partial charge in [0.1, 0.15) is 11.6 Å². The summed E-state index contributed by atoms with van der Waals surface area (Å²) in [5.41, 5.74) is 5.79. The van der Waals surface area contributed by atoms with Gasteiger partial charge in [-0.2, -0.15) is 0 Å². The van der Waals surface area contributed by atoms with E-state index in [2.05, 4.69) is 55.7 Å². The molecule has 5 aromatic rings. The molecule has 0 saturated carbocycles. The number of esters is 1. The van der Waals surface area contributed by atoms with Crippen molar-refractivity contribution in [1.82, 2.24) is 9.55 Å². The van der Waals surface area contributed by atoms with Crippen LogP contribution >= 0.6 is 0 Å². The number of imidazole rings is 1. The van der Waals surface area contributed by atoms with Crippen molar-refractivity contribution in [1.29, 1.82) is 0 Å². The van der Waals surface area contributed by atoms with Crippen LogP contribution in [0.5, 0.6) is 0 Å². The molecule has 0 saturated heterocycles. The van der Waals surface area contributed by atoms with Crippen LogP contribution in [0.3, 0.4) is 0 Å². The predicted octanol–water partition coefficient (Wildman–Crippen LogP) is 7.74. The molecule has 0 aliphatic heterocycles. The molecule has 0 radical (unpaired) electrons. The number of hydrogen-bond donors (Lipinski definition) is 0. The first-order chi connectivity index (χ1) is 17.9. The molecular weight excluding hydrogens is 456 g/mol. The van der Waals surface area contributed by atoms with Crippen molar-refractivity contribution >= 4 is 28.8 Å². The van der Waals surface area contributed by atoms with Crippen LogP contribution in [0.15, 0.2) is 109 Å². The topological polar surface area (TPSA) is 44.1 Å². The second kappa shape index (κ2) is 10.3. The zero-order valence-electron chi connectivity index (χ0n) is 21.4. The van der Waals surface area contributed by atoms with Crippen molar-refractivity contribution in [2.24, 2.45) is 0 Å². The first-order valence-electron chi connectivity index (χ1n) is 12.5. The number of nitrogens with zero attached hydrogens (tertiary/aromatic N) is 2. The van der Waals surface area contributed by atoms with Crippen molar-refractivity contribution in [3.63, 3.8) is 0 Å². The fourth-order valence-corrected chi connectivity index (χ4v) is 4.29. The Morgan fingerprint density at radius 1 is 0.784 bits per heavy atom. The van der Waals surface area contributed by atoms with E-state index in [1.165, 1.54) is 11.1 Å². The van der Waals surface area contributed by atoms with Crippen molar-refractivity contribution < 1.29 is 9.53 Å². The summed E-state index contributed by atoms with van der Waals surface area (Å²) in [5, 5.41) is 0. The lowest BCUT2D eigenvalue weighted by Gasteiger charge is -2.19. The van der Waals surface area contributed by atoms with Gasteiger partial charge in [-0.3, -0.25) is 0 Å². The van der Waals surface area contributed by atoms with Crippen LogP contribution in [0.25, 0.3) is 22.9 Å². The molecule has 0 spiro atoms. The number of carbonyl (C=O) groups excluding carboxylic acids is 1. The van der Waals surface area contributed by atoms with Crippen LogP contribution in [0, 0.1) is 0 Å². The first-order valence-corrected chi connectivity index (χ1v) is 12.5. The molecule has 4 heteroatoms. The van der Waals surface area contributed by atoms with Gasteiger partial charge in [0.15, 0.2) is 0 Å². The van der Waals surface area contributed by atoms with Gasteiger partial charge in [-0.25, -0.2) is 9.78 Å². The smallest absolute Gasteiger partial charge is 0.343 e. The van der Waals surface area contributed by atoms with E-state index in [1.807, 2.05) is 72.8 Å². The van der Waals surface area contributed by atoms with Crippen LogP contribution in [0.1, 0.15) is 53.6 Å². The van der Waals surface area contributed by atoms with Crippen molar-refractivity contribution in [2.45, 2.75) is 32.7 Å². The second-order valence-electron chi connectivity index (χ2n) is 10.1. The Morgan fingerprint density at radius 3 is 2.03 bits per heavy atom. The summed E-state index contributed by atoms with van der Waals surface area (Å²) in [6.45, 7) is 7.30. The summed E-state index contributed by atoms with van der Waals surface area (Å²) >= 11 is 0. The maximum absolute atomic E-state index is 13.0. The lowest BCUT2D eigenvalue weighted by Crippen LogP contribution is -2.11. The zero-order chi connectivity index (χ0) is 25.8. The highest BCUT2D eigenvalue weighted by molar-refractivity contribution is 5.95. The van der Waals surface area contributed by atoms with Gasteiger partial charge in [-0.1, -0.05) is 106 Å². The van der Waals surface area contributed by atoms with E-state index in [1.54, 1.807) is 12.1 Å². The highest BCUT2D eigenvalue weighted by Gasteiger charge is 2.17. The second-order valence-corrected chi connectivity index (χ2v) is 10.1. The van der Waals surface area contributed by atoms with Crippen molar-refractivity contribution in [3.05, 3.63) is 137 Å². The monoisotopic (exact) mass is 486 g/mol. The van der Waals surface area contributed by atoms with E-state index in [-0.39, 0.29) is 5.41 Å². The molecule has 1 heterocycles. The van der Waals surface area contributed by atoms with Gasteiger partial charge < -0.3 is 9.30 Å². The zero-order valence-corrected chi connectivity index (χ0v) is 21.4. The van der Waals surface area contributed by atoms with Crippen LogP contribution in [-0.2, 0) is 16.7 Å². The maximum Gasteiger partial charge on any atom is 0.343 e. The first kappa shape index (κ1) is 24.3. The molecule has 0 fully saturated rings. The summed E-state index contributed by atoms with van der Waals surface area (Å²) < 4.78 is 8.12. The molecule has 1 aromatic heterocycles. The van der Waals surface area contributed by atoms with Crippen LogP contribution in [0.4, 0.5) is 0 Å². The average Bonchev–Trinajstić information content (AvgIpc) is 3.25. The minimum atomic E-state index is -0.406. The Kier molecular flexibility index (Phi) is 6.74. The van der Waals surface area contributed by atoms with Crippen LogP contribution in [-0.4, -0.2) is 15.5 Å². The number of carbonyl (C=O) groups is 1. The van der Waals surface area contributed by atoms with Gasteiger partial charge in [0, 0.05) is 18.2 Å². The van der Waals surface area contributed by atoms with E-state index in [4.69, 9.17) is 9.72 Å². The molecule has 37 heavy (non-hydrogen) atoms. The highest BCUT2D eigenvalue weighted by Crippen LogP contribution is 2.26. The van der Waals surface area contributed by atoms with E-state index in [0.29, 0.717) is 17.9 Å². The molecule has 184 valence electrons. The third-order valence-electron chi connectivity index (χ3n) is 6.38. The van der Waals surface area contributed by atoms with E-state index in [0.717, 1.165) is 22.4 Å². The van der Waals surface area contributed by atoms with Gasteiger partial charge in [0.05, 0.1) is 16.6 Å². The molecule has 0 amide bonds. The number of rotatable bonds is 6.